The van der Waals surface area contributed by atoms with Gasteiger partial charge in [0.2, 0.25) is 0 Å². The summed E-state index contributed by atoms with van der Waals surface area (Å²) in [5.74, 6) is 0.893. The molecule has 3 rings (SSSR count). The average molecular weight is 267 g/mol. The van der Waals surface area contributed by atoms with Gasteiger partial charge in [-0.3, -0.25) is 0 Å². The minimum Gasteiger partial charge on any atom is -0.395 e. The van der Waals surface area contributed by atoms with E-state index in [0.29, 0.717) is 11.8 Å². The lowest BCUT2D eigenvalue weighted by atomic mass is 9.78. The number of hydrogen-bond donors (Lipinski definition) is 2. The summed E-state index contributed by atoms with van der Waals surface area (Å²) >= 11 is 0. The van der Waals surface area contributed by atoms with Crippen LogP contribution in [0.4, 0.5) is 0 Å². The standard InChI is InChI=1S/C18H21NO/c20-13-18-17(15-9-5-2-6-10-15)11-16(12-19-18)14-7-3-1-4-8-14/h1-10,16-20H,11-13H2. The molecule has 3 unspecified atom stereocenters. The Balaban J connectivity index is 1.83. The monoisotopic (exact) mass is 267 g/mol. The minimum atomic E-state index is 0.164. The van der Waals surface area contributed by atoms with Gasteiger partial charge in [-0.25, -0.2) is 0 Å². The molecule has 1 saturated heterocycles. The predicted octanol–water partition coefficient (Wildman–Crippen LogP) is 2.91. The number of benzene rings is 2. The van der Waals surface area contributed by atoms with Gasteiger partial charge in [-0.1, -0.05) is 60.7 Å². The maximum Gasteiger partial charge on any atom is 0.0590 e. The molecule has 0 bridgehead atoms. The van der Waals surface area contributed by atoms with Gasteiger partial charge in [0, 0.05) is 18.5 Å². The Bertz CT molecular complexity index is 526. The number of piperidine rings is 1. The fourth-order valence-corrected chi connectivity index (χ4v) is 3.23. The minimum absolute atomic E-state index is 0.164. The van der Waals surface area contributed by atoms with Crippen LogP contribution in [-0.4, -0.2) is 24.3 Å². The molecule has 0 amide bonds. The maximum atomic E-state index is 9.62. The first-order valence-corrected chi connectivity index (χ1v) is 7.32. The molecule has 1 fully saturated rings. The summed E-state index contributed by atoms with van der Waals surface area (Å²) in [6.45, 7) is 1.14. The van der Waals surface area contributed by atoms with Crippen LogP contribution in [0.2, 0.25) is 0 Å². The summed E-state index contributed by atoms with van der Waals surface area (Å²) in [6.07, 6.45) is 1.09. The summed E-state index contributed by atoms with van der Waals surface area (Å²) in [7, 11) is 0. The molecule has 1 heterocycles. The smallest absolute Gasteiger partial charge is 0.0590 e. The zero-order chi connectivity index (χ0) is 13.8. The first-order valence-electron chi connectivity index (χ1n) is 7.32. The third-order valence-corrected chi connectivity index (χ3v) is 4.35. The molecule has 104 valence electrons. The second-order valence-corrected chi connectivity index (χ2v) is 5.56. The molecule has 0 saturated carbocycles. The van der Waals surface area contributed by atoms with E-state index in [4.69, 9.17) is 0 Å². The number of nitrogens with one attached hydrogen (secondary N) is 1. The van der Waals surface area contributed by atoms with Crippen molar-refractivity contribution in [3.63, 3.8) is 0 Å². The highest BCUT2D eigenvalue weighted by Gasteiger charge is 2.31. The molecular weight excluding hydrogens is 246 g/mol. The Morgan fingerprint density at radius 1 is 0.900 bits per heavy atom. The topological polar surface area (TPSA) is 32.3 Å². The number of rotatable bonds is 3. The Labute approximate surface area is 120 Å². The summed E-state index contributed by atoms with van der Waals surface area (Å²) in [5, 5.41) is 13.1. The van der Waals surface area contributed by atoms with Crippen LogP contribution < -0.4 is 5.32 Å². The Morgan fingerprint density at radius 2 is 1.50 bits per heavy atom. The van der Waals surface area contributed by atoms with Gasteiger partial charge in [-0.2, -0.15) is 0 Å². The van der Waals surface area contributed by atoms with Crippen LogP contribution in [0.5, 0.6) is 0 Å². The molecule has 20 heavy (non-hydrogen) atoms. The van der Waals surface area contributed by atoms with E-state index in [-0.39, 0.29) is 12.6 Å². The third-order valence-electron chi connectivity index (χ3n) is 4.35. The summed E-state index contributed by atoms with van der Waals surface area (Å²) < 4.78 is 0. The lowest BCUT2D eigenvalue weighted by Gasteiger charge is -2.37. The molecule has 2 aromatic rings. The predicted molar refractivity (Wildman–Crippen MR) is 81.9 cm³/mol. The zero-order valence-electron chi connectivity index (χ0n) is 11.6. The second kappa shape index (κ2) is 6.21. The molecule has 2 nitrogen and oxygen atoms in total. The largest absolute Gasteiger partial charge is 0.395 e. The van der Waals surface area contributed by atoms with Gasteiger partial charge in [-0.15, -0.1) is 0 Å². The van der Waals surface area contributed by atoms with Crippen LogP contribution >= 0.6 is 0 Å². The molecule has 0 radical (unpaired) electrons. The molecule has 1 aliphatic rings. The highest BCUT2D eigenvalue weighted by atomic mass is 16.3. The molecular formula is C18H21NO. The van der Waals surface area contributed by atoms with Gasteiger partial charge < -0.3 is 10.4 Å². The number of hydrogen-bond acceptors (Lipinski definition) is 2. The quantitative estimate of drug-likeness (QED) is 0.896. The molecule has 2 heteroatoms. The van der Waals surface area contributed by atoms with E-state index in [1.165, 1.54) is 11.1 Å². The van der Waals surface area contributed by atoms with Crippen molar-refractivity contribution in [3.05, 3.63) is 71.8 Å². The Kier molecular flexibility index (Phi) is 4.14. The number of aliphatic hydroxyl groups is 1. The van der Waals surface area contributed by atoms with Crippen LogP contribution in [-0.2, 0) is 0 Å². The van der Waals surface area contributed by atoms with Crippen LogP contribution in [0.3, 0.4) is 0 Å². The van der Waals surface area contributed by atoms with E-state index in [1.807, 2.05) is 6.07 Å². The van der Waals surface area contributed by atoms with E-state index < -0.39 is 0 Å². The van der Waals surface area contributed by atoms with E-state index in [2.05, 4.69) is 59.9 Å². The van der Waals surface area contributed by atoms with Gasteiger partial charge in [0.1, 0.15) is 0 Å². The van der Waals surface area contributed by atoms with Crippen molar-refractivity contribution in [2.24, 2.45) is 0 Å². The van der Waals surface area contributed by atoms with Gasteiger partial charge in [0.05, 0.1) is 6.61 Å². The van der Waals surface area contributed by atoms with Gasteiger partial charge in [-0.05, 0) is 23.5 Å². The second-order valence-electron chi connectivity index (χ2n) is 5.56. The van der Waals surface area contributed by atoms with E-state index in [0.717, 1.165) is 13.0 Å². The van der Waals surface area contributed by atoms with Crippen molar-refractivity contribution in [2.75, 3.05) is 13.2 Å². The molecule has 1 aliphatic heterocycles. The van der Waals surface area contributed by atoms with Gasteiger partial charge in [0.15, 0.2) is 0 Å². The molecule has 3 atom stereocenters. The van der Waals surface area contributed by atoms with Crippen LogP contribution in [0, 0.1) is 0 Å². The Hall–Kier alpha value is -1.64. The highest BCUT2D eigenvalue weighted by Crippen LogP contribution is 2.35. The van der Waals surface area contributed by atoms with Crippen LogP contribution in [0.1, 0.15) is 29.4 Å². The van der Waals surface area contributed by atoms with Crippen molar-refractivity contribution in [3.8, 4) is 0 Å². The fraction of sp³-hybridized carbons (Fsp3) is 0.333. The lowest BCUT2D eigenvalue weighted by molar-refractivity contribution is 0.193. The maximum absolute atomic E-state index is 9.62. The van der Waals surface area contributed by atoms with Crippen molar-refractivity contribution < 1.29 is 5.11 Å². The van der Waals surface area contributed by atoms with E-state index >= 15 is 0 Å². The SMILES string of the molecule is OCC1NCC(c2ccccc2)CC1c1ccccc1. The fourth-order valence-electron chi connectivity index (χ4n) is 3.23. The van der Waals surface area contributed by atoms with Gasteiger partial charge in [0.25, 0.3) is 0 Å². The first kappa shape index (κ1) is 13.3. The van der Waals surface area contributed by atoms with Crippen LogP contribution in [0.25, 0.3) is 0 Å². The molecule has 0 spiro atoms. The van der Waals surface area contributed by atoms with E-state index in [9.17, 15) is 5.11 Å². The Morgan fingerprint density at radius 3 is 2.10 bits per heavy atom. The third kappa shape index (κ3) is 2.77. The van der Waals surface area contributed by atoms with E-state index in [1.54, 1.807) is 0 Å². The number of aliphatic hydroxyl groups excluding tert-OH is 1. The first-order chi connectivity index (χ1) is 9.88. The molecule has 0 aliphatic carbocycles. The summed E-state index contributed by atoms with van der Waals surface area (Å²) in [4.78, 5) is 0. The van der Waals surface area contributed by atoms with Gasteiger partial charge >= 0.3 is 0 Å². The van der Waals surface area contributed by atoms with Crippen molar-refractivity contribution in [1.29, 1.82) is 0 Å². The van der Waals surface area contributed by atoms with Crippen molar-refractivity contribution in [1.82, 2.24) is 5.32 Å². The molecule has 0 aromatic heterocycles. The highest BCUT2D eigenvalue weighted by molar-refractivity contribution is 5.27. The summed E-state index contributed by atoms with van der Waals surface area (Å²) in [5.41, 5.74) is 2.71. The lowest BCUT2D eigenvalue weighted by Crippen LogP contribution is -2.45. The molecule has 2 N–H and O–H groups in total. The average Bonchev–Trinajstić information content (AvgIpc) is 2.56. The van der Waals surface area contributed by atoms with Crippen LogP contribution in [0.15, 0.2) is 60.7 Å². The molecule has 2 aromatic carbocycles. The van der Waals surface area contributed by atoms with Crippen molar-refractivity contribution in [2.45, 2.75) is 24.3 Å². The van der Waals surface area contributed by atoms with Crippen molar-refractivity contribution >= 4 is 0 Å². The zero-order valence-corrected chi connectivity index (χ0v) is 11.6. The summed E-state index contributed by atoms with van der Waals surface area (Å²) in [6, 6.07) is 21.4. The normalized spacial score (nSPS) is 26.4.